The van der Waals surface area contributed by atoms with Gasteiger partial charge in [-0.1, -0.05) is 11.6 Å². The largest absolute Gasteiger partial charge is 0.381 e. The third kappa shape index (κ3) is 1.43. The highest BCUT2D eigenvalue weighted by atomic mass is 35.5. The van der Waals surface area contributed by atoms with E-state index in [9.17, 15) is 5.11 Å². The normalized spacial score (nSPS) is 27.1. The van der Waals surface area contributed by atoms with E-state index in [0.29, 0.717) is 36.9 Å². The van der Waals surface area contributed by atoms with Crippen LogP contribution in [0.3, 0.4) is 0 Å². The number of hydrogen-bond acceptors (Lipinski definition) is 3. The Morgan fingerprint density at radius 3 is 3.14 bits per heavy atom. The molecule has 0 saturated carbocycles. The van der Waals surface area contributed by atoms with E-state index in [-0.39, 0.29) is 0 Å². The number of rotatable bonds is 2. The van der Waals surface area contributed by atoms with Crippen LogP contribution in [0.5, 0.6) is 0 Å². The number of ether oxygens (including phenoxy) is 1. The monoisotopic (exact) mass is 216 g/mol. The Morgan fingerprint density at radius 1 is 1.79 bits per heavy atom. The van der Waals surface area contributed by atoms with Gasteiger partial charge in [-0.05, 0) is 6.92 Å². The maximum absolute atomic E-state index is 10.3. The van der Waals surface area contributed by atoms with Gasteiger partial charge in [0.25, 0.3) is 0 Å². The molecular weight excluding hydrogens is 204 g/mol. The molecule has 1 atom stereocenters. The van der Waals surface area contributed by atoms with Crippen LogP contribution in [0.25, 0.3) is 0 Å². The van der Waals surface area contributed by atoms with Gasteiger partial charge in [-0.3, -0.25) is 4.68 Å². The van der Waals surface area contributed by atoms with E-state index in [1.807, 2.05) is 6.92 Å². The van der Waals surface area contributed by atoms with Crippen molar-refractivity contribution in [1.82, 2.24) is 9.78 Å². The molecule has 5 heteroatoms. The average molecular weight is 217 g/mol. The first kappa shape index (κ1) is 9.96. The van der Waals surface area contributed by atoms with E-state index in [0.717, 1.165) is 0 Å². The molecule has 1 aliphatic heterocycles. The van der Waals surface area contributed by atoms with Gasteiger partial charge in [0.05, 0.1) is 23.5 Å². The van der Waals surface area contributed by atoms with Gasteiger partial charge in [-0.25, -0.2) is 0 Å². The van der Waals surface area contributed by atoms with Crippen molar-refractivity contribution in [1.29, 1.82) is 0 Å². The molecular formula is C9H13ClN2O2. The highest BCUT2D eigenvalue weighted by molar-refractivity contribution is 6.31. The lowest BCUT2D eigenvalue weighted by molar-refractivity contribution is 0.0156. The second kappa shape index (κ2) is 3.53. The molecule has 14 heavy (non-hydrogen) atoms. The fraction of sp³-hybridized carbons (Fsp3) is 0.667. The number of aliphatic hydroxyl groups is 1. The molecule has 1 aromatic heterocycles. The van der Waals surface area contributed by atoms with E-state index in [4.69, 9.17) is 16.3 Å². The molecule has 4 nitrogen and oxygen atoms in total. The lowest BCUT2D eigenvalue weighted by Crippen LogP contribution is -2.29. The molecule has 0 amide bonds. The maximum Gasteiger partial charge on any atom is 0.133 e. The fourth-order valence-electron chi connectivity index (χ4n) is 1.81. The number of hydrogen-bond donors (Lipinski definition) is 1. The van der Waals surface area contributed by atoms with E-state index in [1.54, 1.807) is 10.9 Å². The van der Waals surface area contributed by atoms with E-state index in [1.165, 1.54) is 0 Å². The molecule has 0 aromatic carbocycles. The zero-order valence-corrected chi connectivity index (χ0v) is 8.79. The first-order valence-electron chi connectivity index (χ1n) is 4.69. The standard InChI is InChI=1S/C9H13ClN2O2/c1-2-12-8(7(10)5-11-12)9(13)3-4-14-6-9/h5,13H,2-4,6H2,1H3. The van der Waals surface area contributed by atoms with Crippen molar-refractivity contribution in [3.05, 3.63) is 16.9 Å². The van der Waals surface area contributed by atoms with Crippen molar-refractivity contribution < 1.29 is 9.84 Å². The molecule has 1 saturated heterocycles. The summed E-state index contributed by atoms with van der Waals surface area (Å²) in [5, 5.41) is 14.9. The fourth-order valence-corrected chi connectivity index (χ4v) is 2.12. The minimum atomic E-state index is -0.955. The van der Waals surface area contributed by atoms with E-state index >= 15 is 0 Å². The summed E-state index contributed by atoms with van der Waals surface area (Å²) in [7, 11) is 0. The molecule has 78 valence electrons. The second-order valence-corrected chi connectivity index (χ2v) is 3.90. The Hall–Kier alpha value is -0.580. The van der Waals surface area contributed by atoms with Crippen molar-refractivity contribution in [3.63, 3.8) is 0 Å². The highest BCUT2D eigenvalue weighted by Gasteiger charge is 2.38. The van der Waals surface area contributed by atoms with Gasteiger partial charge in [0.2, 0.25) is 0 Å². The van der Waals surface area contributed by atoms with Crippen molar-refractivity contribution in [3.8, 4) is 0 Å². The molecule has 1 aromatic rings. The lowest BCUT2D eigenvalue weighted by Gasteiger charge is -2.21. The second-order valence-electron chi connectivity index (χ2n) is 3.49. The van der Waals surface area contributed by atoms with Gasteiger partial charge in [-0.2, -0.15) is 5.10 Å². The van der Waals surface area contributed by atoms with Crippen molar-refractivity contribution in [2.24, 2.45) is 0 Å². The summed E-state index contributed by atoms with van der Waals surface area (Å²) < 4.78 is 6.91. The van der Waals surface area contributed by atoms with Crippen LogP contribution in [0, 0.1) is 0 Å². The van der Waals surface area contributed by atoms with Crippen LogP contribution >= 0.6 is 11.6 Å². The van der Waals surface area contributed by atoms with Crippen LogP contribution in [0.2, 0.25) is 5.02 Å². The van der Waals surface area contributed by atoms with Gasteiger partial charge in [0, 0.05) is 19.6 Å². The van der Waals surface area contributed by atoms with Gasteiger partial charge in [0.1, 0.15) is 5.60 Å². The Balaban J connectivity index is 2.42. The molecule has 2 heterocycles. The van der Waals surface area contributed by atoms with E-state index < -0.39 is 5.60 Å². The summed E-state index contributed by atoms with van der Waals surface area (Å²) in [4.78, 5) is 0. The first-order chi connectivity index (χ1) is 6.67. The van der Waals surface area contributed by atoms with Gasteiger partial charge >= 0.3 is 0 Å². The quantitative estimate of drug-likeness (QED) is 0.807. The van der Waals surface area contributed by atoms with E-state index in [2.05, 4.69) is 5.10 Å². The zero-order chi connectivity index (χ0) is 10.2. The summed E-state index contributed by atoms with van der Waals surface area (Å²) >= 11 is 5.99. The molecule has 0 radical (unpaired) electrons. The van der Waals surface area contributed by atoms with Crippen LogP contribution < -0.4 is 0 Å². The smallest absolute Gasteiger partial charge is 0.133 e. The number of aryl methyl sites for hydroxylation is 1. The summed E-state index contributed by atoms with van der Waals surface area (Å²) in [5.74, 6) is 0. The summed E-state index contributed by atoms with van der Waals surface area (Å²) in [5.41, 5.74) is -0.275. The number of aromatic nitrogens is 2. The maximum atomic E-state index is 10.3. The Morgan fingerprint density at radius 2 is 2.57 bits per heavy atom. The van der Waals surface area contributed by atoms with Crippen LogP contribution in [-0.2, 0) is 16.9 Å². The number of halogens is 1. The van der Waals surface area contributed by atoms with Crippen molar-refractivity contribution in [2.45, 2.75) is 25.5 Å². The van der Waals surface area contributed by atoms with Crippen molar-refractivity contribution >= 4 is 11.6 Å². The molecule has 2 rings (SSSR count). The molecule has 1 fully saturated rings. The lowest BCUT2D eigenvalue weighted by atomic mass is 9.99. The summed E-state index contributed by atoms with van der Waals surface area (Å²) in [6.45, 7) is 3.54. The predicted molar refractivity (Wildman–Crippen MR) is 52.2 cm³/mol. The molecule has 0 spiro atoms. The van der Waals surface area contributed by atoms with Crippen LogP contribution in [0.1, 0.15) is 19.0 Å². The van der Waals surface area contributed by atoms with Gasteiger partial charge in [0.15, 0.2) is 0 Å². The van der Waals surface area contributed by atoms with Gasteiger partial charge < -0.3 is 9.84 Å². The third-order valence-corrected chi connectivity index (χ3v) is 2.81. The minimum Gasteiger partial charge on any atom is -0.381 e. The minimum absolute atomic E-state index is 0.304. The average Bonchev–Trinajstić information content (AvgIpc) is 2.73. The Bertz CT molecular complexity index is 332. The van der Waals surface area contributed by atoms with Crippen LogP contribution in [0.15, 0.2) is 6.20 Å². The first-order valence-corrected chi connectivity index (χ1v) is 5.07. The molecule has 1 aliphatic rings. The Kier molecular flexibility index (Phi) is 2.51. The summed E-state index contributed by atoms with van der Waals surface area (Å²) in [6.07, 6.45) is 2.15. The predicted octanol–water partition coefficient (Wildman–Crippen LogP) is 1.16. The Labute approximate surface area is 87.4 Å². The summed E-state index contributed by atoms with van der Waals surface area (Å²) in [6, 6.07) is 0. The SMILES string of the molecule is CCn1ncc(Cl)c1C1(O)CCOC1. The van der Waals surface area contributed by atoms with Crippen LogP contribution in [0.4, 0.5) is 0 Å². The third-order valence-electron chi connectivity index (χ3n) is 2.54. The van der Waals surface area contributed by atoms with Gasteiger partial charge in [-0.15, -0.1) is 0 Å². The molecule has 1 N–H and O–H groups in total. The highest BCUT2D eigenvalue weighted by Crippen LogP contribution is 2.34. The van der Waals surface area contributed by atoms with Crippen LogP contribution in [-0.4, -0.2) is 28.1 Å². The molecule has 0 bridgehead atoms. The number of nitrogens with zero attached hydrogens (tertiary/aromatic N) is 2. The topological polar surface area (TPSA) is 47.3 Å². The molecule has 1 unspecified atom stereocenters. The van der Waals surface area contributed by atoms with Crippen molar-refractivity contribution in [2.75, 3.05) is 13.2 Å². The zero-order valence-electron chi connectivity index (χ0n) is 8.03. The molecule has 0 aliphatic carbocycles.